The van der Waals surface area contributed by atoms with Gasteiger partial charge in [-0.2, -0.15) is 18.4 Å². The number of alkyl halides is 3. The van der Waals surface area contributed by atoms with Gasteiger partial charge in [0.25, 0.3) is 11.4 Å². The number of nitriles is 1. The normalized spacial score (nSPS) is 11.0. The molecule has 0 saturated heterocycles. The van der Waals surface area contributed by atoms with Gasteiger partial charge in [0.2, 0.25) is 0 Å². The van der Waals surface area contributed by atoms with Gasteiger partial charge in [-0.25, -0.2) is 8.78 Å². The van der Waals surface area contributed by atoms with Gasteiger partial charge in [-0.15, -0.1) is 0 Å². The lowest BCUT2D eigenvalue weighted by Crippen LogP contribution is -2.13. The molecule has 0 aliphatic carbocycles. The second kappa shape index (κ2) is 6.83. The van der Waals surface area contributed by atoms with E-state index in [4.69, 9.17) is 5.26 Å². The van der Waals surface area contributed by atoms with Crippen LogP contribution in [0.25, 0.3) is 0 Å². The molecule has 2 aromatic rings. The summed E-state index contributed by atoms with van der Waals surface area (Å²) in [7, 11) is 0. The van der Waals surface area contributed by atoms with Crippen molar-refractivity contribution < 1.29 is 31.8 Å². The number of hydrogen-bond donors (Lipinski definition) is 1. The smallest absolute Gasteiger partial charge is 0.345 e. The molecule has 0 heterocycles. The molecule has 8 nitrogen and oxygen atoms in total. The van der Waals surface area contributed by atoms with E-state index in [9.17, 15) is 42.2 Å². The quantitative estimate of drug-likeness (QED) is 0.470. The molecular weight excluding hydrogens is 383 g/mol. The second-order valence-electron chi connectivity index (χ2n) is 4.95. The summed E-state index contributed by atoms with van der Waals surface area (Å²) in [5.41, 5.74) is -7.59. The van der Waals surface area contributed by atoms with Crippen LogP contribution in [0.1, 0.15) is 11.1 Å². The van der Waals surface area contributed by atoms with Crippen molar-refractivity contribution >= 4 is 22.7 Å². The number of nitrogens with zero attached hydrogens (tertiary/aromatic N) is 3. The lowest BCUT2D eigenvalue weighted by molar-refractivity contribution is -0.394. The molecule has 0 atom stereocenters. The standard InChI is InChI=1S/C14H5F5N4O4/c15-9-1-6(5-20)2-10(16)13(9)21-12-8(14(17,18)19)3-7(22(24)25)4-11(12)23(26)27/h1-4,21H. The maximum atomic E-state index is 13.9. The molecule has 0 fully saturated rings. The van der Waals surface area contributed by atoms with Gasteiger partial charge < -0.3 is 5.32 Å². The van der Waals surface area contributed by atoms with Gasteiger partial charge in [0.15, 0.2) is 11.6 Å². The van der Waals surface area contributed by atoms with Gasteiger partial charge in [-0.05, 0) is 12.1 Å². The monoisotopic (exact) mass is 388 g/mol. The molecule has 0 unspecified atom stereocenters. The molecule has 0 bridgehead atoms. The van der Waals surface area contributed by atoms with Crippen molar-refractivity contribution in [1.29, 1.82) is 5.26 Å². The zero-order valence-electron chi connectivity index (χ0n) is 12.7. The number of hydrogen-bond acceptors (Lipinski definition) is 6. The van der Waals surface area contributed by atoms with Crippen LogP contribution in [-0.2, 0) is 6.18 Å². The number of nitro groups is 2. The number of benzene rings is 2. The first-order valence-corrected chi connectivity index (χ1v) is 6.66. The molecule has 13 heteroatoms. The second-order valence-corrected chi connectivity index (χ2v) is 4.95. The van der Waals surface area contributed by atoms with Crippen LogP contribution in [0.15, 0.2) is 24.3 Å². The summed E-state index contributed by atoms with van der Waals surface area (Å²) in [6.45, 7) is 0. The van der Waals surface area contributed by atoms with Crippen molar-refractivity contribution in [1.82, 2.24) is 0 Å². The zero-order valence-corrected chi connectivity index (χ0v) is 12.7. The fraction of sp³-hybridized carbons (Fsp3) is 0.0714. The van der Waals surface area contributed by atoms with Gasteiger partial charge in [0, 0.05) is 6.07 Å². The lowest BCUT2D eigenvalue weighted by Gasteiger charge is -2.15. The van der Waals surface area contributed by atoms with E-state index in [2.05, 4.69) is 0 Å². The van der Waals surface area contributed by atoms with Crippen molar-refractivity contribution in [2.75, 3.05) is 5.32 Å². The Morgan fingerprint density at radius 1 is 0.963 bits per heavy atom. The molecule has 0 aromatic heterocycles. The summed E-state index contributed by atoms with van der Waals surface area (Å²) in [5.74, 6) is -2.99. The average Bonchev–Trinajstić information content (AvgIpc) is 2.56. The fourth-order valence-corrected chi connectivity index (χ4v) is 2.10. The van der Waals surface area contributed by atoms with E-state index in [0.717, 1.165) is 0 Å². The Morgan fingerprint density at radius 3 is 1.93 bits per heavy atom. The van der Waals surface area contributed by atoms with E-state index >= 15 is 0 Å². The van der Waals surface area contributed by atoms with E-state index in [0.29, 0.717) is 12.1 Å². The van der Waals surface area contributed by atoms with Gasteiger partial charge >= 0.3 is 6.18 Å². The Balaban J connectivity index is 2.78. The van der Waals surface area contributed by atoms with Crippen molar-refractivity contribution in [2.24, 2.45) is 0 Å². The van der Waals surface area contributed by atoms with Crippen molar-refractivity contribution in [3.8, 4) is 6.07 Å². The highest BCUT2D eigenvalue weighted by Gasteiger charge is 2.40. The predicted molar refractivity (Wildman–Crippen MR) is 79.1 cm³/mol. The number of non-ortho nitro benzene ring substituents is 1. The van der Waals surface area contributed by atoms with Gasteiger partial charge in [0.05, 0.1) is 33.1 Å². The molecule has 2 rings (SSSR count). The van der Waals surface area contributed by atoms with E-state index in [1.54, 1.807) is 5.32 Å². The van der Waals surface area contributed by atoms with Crippen LogP contribution in [0.5, 0.6) is 0 Å². The van der Waals surface area contributed by atoms with E-state index < -0.39 is 61.5 Å². The first kappa shape index (κ1) is 19.5. The molecular formula is C14H5F5N4O4. The van der Waals surface area contributed by atoms with Crippen LogP contribution in [0.2, 0.25) is 0 Å². The van der Waals surface area contributed by atoms with Gasteiger partial charge in [-0.1, -0.05) is 0 Å². The first-order chi connectivity index (χ1) is 12.5. The molecule has 0 aliphatic heterocycles. The minimum Gasteiger partial charge on any atom is -0.345 e. The average molecular weight is 388 g/mol. The largest absolute Gasteiger partial charge is 0.418 e. The Bertz CT molecular complexity index is 977. The summed E-state index contributed by atoms with van der Waals surface area (Å²) in [4.78, 5) is 19.2. The summed E-state index contributed by atoms with van der Waals surface area (Å²) in [6.07, 6.45) is -5.32. The maximum Gasteiger partial charge on any atom is 0.418 e. The number of rotatable bonds is 4. The van der Waals surface area contributed by atoms with E-state index in [1.165, 1.54) is 6.07 Å². The maximum absolute atomic E-state index is 13.9. The topological polar surface area (TPSA) is 122 Å². The predicted octanol–water partition coefficient (Wildman–Crippen LogP) is 4.42. The molecule has 0 spiro atoms. The Kier molecular flexibility index (Phi) is 4.93. The van der Waals surface area contributed by atoms with Crippen molar-refractivity contribution in [3.63, 3.8) is 0 Å². The Morgan fingerprint density at radius 2 is 1.52 bits per heavy atom. The van der Waals surface area contributed by atoms with Crippen LogP contribution in [0.3, 0.4) is 0 Å². The Labute approximate surface area is 145 Å². The lowest BCUT2D eigenvalue weighted by atomic mass is 10.1. The van der Waals surface area contributed by atoms with Crippen molar-refractivity contribution in [2.45, 2.75) is 6.18 Å². The minimum absolute atomic E-state index is 0.00517. The van der Waals surface area contributed by atoms with Crippen LogP contribution < -0.4 is 5.32 Å². The molecule has 0 amide bonds. The summed E-state index contributed by atoms with van der Waals surface area (Å²) in [5, 5.41) is 32.1. The van der Waals surface area contributed by atoms with Crippen molar-refractivity contribution in [3.05, 3.63) is 67.3 Å². The highest BCUT2D eigenvalue weighted by molar-refractivity contribution is 5.77. The highest BCUT2D eigenvalue weighted by Crippen LogP contribution is 2.44. The molecule has 0 aliphatic rings. The number of halogens is 5. The molecule has 1 N–H and O–H groups in total. The summed E-state index contributed by atoms with van der Waals surface area (Å²) in [6, 6.07) is 2.62. The number of nitrogens with one attached hydrogen (secondary N) is 1. The summed E-state index contributed by atoms with van der Waals surface area (Å²) < 4.78 is 67.6. The van der Waals surface area contributed by atoms with Gasteiger partial charge in [0.1, 0.15) is 11.4 Å². The fourth-order valence-electron chi connectivity index (χ4n) is 2.10. The van der Waals surface area contributed by atoms with Gasteiger partial charge in [-0.3, -0.25) is 20.2 Å². The third-order valence-corrected chi connectivity index (χ3v) is 3.24. The van der Waals surface area contributed by atoms with Crippen LogP contribution in [-0.4, -0.2) is 9.85 Å². The number of anilines is 2. The SMILES string of the molecule is N#Cc1cc(F)c(Nc2c([N+](=O)[O-])cc([N+](=O)[O-])cc2C(F)(F)F)c(F)c1. The highest BCUT2D eigenvalue weighted by atomic mass is 19.4. The molecule has 2 aromatic carbocycles. The van der Waals surface area contributed by atoms with E-state index in [1.807, 2.05) is 0 Å². The van der Waals surface area contributed by atoms with E-state index in [-0.39, 0.29) is 12.1 Å². The Hall–Kier alpha value is -3.82. The van der Waals surface area contributed by atoms with Crippen LogP contribution >= 0.6 is 0 Å². The zero-order chi connectivity index (χ0) is 20.5. The molecule has 0 radical (unpaired) electrons. The number of nitro benzene ring substituents is 2. The summed E-state index contributed by atoms with van der Waals surface area (Å²) >= 11 is 0. The first-order valence-electron chi connectivity index (χ1n) is 6.66. The minimum atomic E-state index is -5.32. The van der Waals surface area contributed by atoms with Crippen LogP contribution in [0, 0.1) is 43.2 Å². The molecule has 140 valence electrons. The molecule has 27 heavy (non-hydrogen) atoms. The third-order valence-electron chi connectivity index (χ3n) is 3.24. The third kappa shape index (κ3) is 3.89. The molecule has 0 saturated carbocycles. The van der Waals surface area contributed by atoms with Crippen LogP contribution in [0.4, 0.5) is 44.7 Å².